The van der Waals surface area contributed by atoms with Crippen LogP contribution in [0.15, 0.2) is 24.3 Å². The van der Waals surface area contributed by atoms with E-state index in [2.05, 4.69) is 13.0 Å². The minimum Gasteiger partial charge on any atom is -0.469 e. The number of carbonyl (C=O) groups is 1. The molecule has 1 unspecified atom stereocenters. The minimum atomic E-state index is -0.197. The highest BCUT2D eigenvalue weighted by atomic mass is 32.2. The summed E-state index contributed by atoms with van der Waals surface area (Å²) in [6, 6.07) is 8.23. The molecule has 1 aromatic rings. The van der Waals surface area contributed by atoms with E-state index in [-0.39, 0.29) is 12.0 Å². The summed E-state index contributed by atoms with van der Waals surface area (Å²) in [5.41, 5.74) is 8.12. The van der Waals surface area contributed by atoms with E-state index in [4.69, 9.17) is 10.5 Å². The summed E-state index contributed by atoms with van der Waals surface area (Å²) in [7, 11) is 1.42. The third-order valence-corrected chi connectivity index (χ3v) is 3.97. The molecule has 0 aliphatic carbocycles. The van der Waals surface area contributed by atoms with Crippen LogP contribution in [0.25, 0.3) is 0 Å². The largest absolute Gasteiger partial charge is 0.469 e. The van der Waals surface area contributed by atoms with Gasteiger partial charge in [-0.3, -0.25) is 4.79 Å². The quantitative estimate of drug-likeness (QED) is 0.771. The van der Waals surface area contributed by atoms with Gasteiger partial charge in [0, 0.05) is 17.5 Å². The van der Waals surface area contributed by atoms with E-state index >= 15 is 0 Å². The van der Waals surface area contributed by atoms with Gasteiger partial charge in [-0.1, -0.05) is 31.2 Å². The molecule has 4 heteroatoms. The summed E-state index contributed by atoms with van der Waals surface area (Å²) in [4.78, 5) is 11.3. The number of rotatable bonds is 7. The molecule has 100 valence electrons. The van der Waals surface area contributed by atoms with E-state index in [0.717, 1.165) is 23.5 Å². The maximum atomic E-state index is 11.3. The SMILES string of the molecule is CCC(N)CSCc1ccccc1CC(=O)OC. The topological polar surface area (TPSA) is 52.3 Å². The molecule has 1 aromatic carbocycles. The normalized spacial score (nSPS) is 12.2. The van der Waals surface area contributed by atoms with Crippen molar-refractivity contribution in [3.05, 3.63) is 35.4 Å². The lowest BCUT2D eigenvalue weighted by atomic mass is 10.1. The Balaban J connectivity index is 2.56. The Morgan fingerprint density at radius 3 is 2.67 bits per heavy atom. The van der Waals surface area contributed by atoms with Gasteiger partial charge in [0.2, 0.25) is 0 Å². The van der Waals surface area contributed by atoms with Crippen molar-refractivity contribution in [1.82, 2.24) is 0 Å². The van der Waals surface area contributed by atoms with Crippen LogP contribution in [-0.4, -0.2) is 24.9 Å². The lowest BCUT2D eigenvalue weighted by Crippen LogP contribution is -2.21. The molecule has 0 heterocycles. The van der Waals surface area contributed by atoms with Crippen LogP contribution in [0.3, 0.4) is 0 Å². The van der Waals surface area contributed by atoms with Gasteiger partial charge in [-0.2, -0.15) is 11.8 Å². The first-order valence-corrected chi connectivity index (χ1v) is 7.29. The number of benzene rings is 1. The summed E-state index contributed by atoms with van der Waals surface area (Å²) in [5, 5.41) is 0. The van der Waals surface area contributed by atoms with E-state index in [1.54, 1.807) is 0 Å². The molecule has 0 fully saturated rings. The molecule has 0 bridgehead atoms. The third kappa shape index (κ3) is 5.10. The predicted octanol–water partition coefficient (Wildman–Crippen LogP) is 2.37. The van der Waals surface area contributed by atoms with E-state index < -0.39 is 0 Å². The van der Waals surface area contributed by atoms with E-state index in [1.807, 2.05) is 30.0 Å². The zero-order valence-electron chi connectivity index (χ0n) is 11.0. The average molecular weight is 267 g/mol. The molecule has 0 aliphatic rings. The van der Waals surface area contributed by atoms with Gasteiger partial charge in [0.05, 0.1) is 13.5 Å². The second-order valence-electron chi connectivity index (χ2n) is 4.21. The van der Waals surface area contributed by atoms with Crippen molar-refractivity contribution in [2.45, 2.75) is 31.6 Å². The number of thioether (sulfide) groups is 1. The molecule has 2 N–H and O–H groups in total. The monoisotopic (exact) mass is 267 g/mol. The zero-order chi connectivity index (χ0) is 13.4. The highest BCUT2D eigenvalue weighted by molar-refractivity contribution is 7.98. The molecule has 0 spiro atoms. The number of carbonyl (C=O) groups excluding carboxylic acids is 1. The van der Waals surface area contributed by atoms with Crippen LogP contribution in [0.2, 0.25) is 0 Å². The first-order valence-electron chi connectivity index (χ1n) is 6.14. The van der Waals surface area contributed by atoms with Gasteiger partial charge in [-0.05, 0) is 17.5 Å². The summed E-state index contributed by atoms with van der Waals surface area (Å²) in [6.45, 7) is 2.09. The first kappa shape index (κ1) is 15.1. The van der Waals surface area contributed by atoms with Crippen molar-refractivity contribution >= 4 is 17.7 Å². The van der Waals surface area contributed by atoms with Crippen LogP contribution < -0.4 is 5.73 Å². The molecule has 18 heavy (non-hydrogen) atoms. The Kier molecular flexibility index (Phi) is 6.83. The summed E-state index contributed by atoms with van der Waals surface area (Å²) >= 11 is 1.81. The van der Waals surface area contributed by atoms with Crippen LogP contribution >= 0.6 is 11.8 Å². The highest BCUT2D eigenvalue weighted by Crippen LogP contribution is 2.18. The van der Waals surface area contributed by atoms with E-state index in [1.165, 1.54) is 12.7 Å². The lowest BCUT2D eigenvalue weighted by molar-refractivity contribution is -0.139. The Morgan fingerprint density at radius 1 is 1.39 bits per heavy atom. The lowest BCUT2D eigenvalue weighted by Gasteiger charge is -2.11. The molecule has 1 atom stereocenters. The molecule has 3 nitrogen and oxygen atoms in total. The molecule has 0 aliphatic heterocycles. The van der Waals surface area contributed by atoms with Gasteiger partial charge < -0.3 is 10.5 Å². The number of hydrogen-bond acceptors (Lipinski definition) is 4. The predicted molar refractivity (Wildman–Crippen MR) is 76.6 cm³/mol. The summed E-state index contributed by atoms with van der Waals surface area (Å²) < 4.78 is 4.70. The second-order valence-corrected chi connectivity index (χ2v) is 5.24. The minimum absolute atomic E-state index is 0.197. The van der Waals surface area contributed by atoms with Crippen LogP contribution in [0.4, 0.5) is 0 Å². The summed E-state index contributed by atoms with van der Waals surface area (Å²) in [6.07, 6.45) is 1.34. The van der Waals surface area contributed by atoms with Gasteiger partial charge >= 0.3 is 5.97 Å². The number of ether oxygens (including phenoxy) is 1. The fraction of sp³-hybridized carbons (Fsp3) is 0.500. The van der Waals surface area contributed by atoms with Crippen LogP contribution in [-0.2, 0) is 21.7 Å². The van der Waals surface area contributed by atoms with Crippen molar-refractivity contribution in [3.63, 3.8) is 0 Å². The van der Waals surface area contributed by atoms with Crippen LogP contribution in [0, 0.1) is 0 Å². The third-order valence-electron chi connectivity index (χ3n) is 2.79. The van der Waals surface area contributed by atoms with Gasteiger partial charge in [0.1, 0.15) is 0 Å². The molecular weight excluding hydrogens is 246 g/mol. The number of esters is 1. The van der Waals surface area contributed by atoms with Crippen molar-refractivity contribution < 1.29 is 9.53 Å². The Morgan fingerprint density at radius 2 is 2.06 bits per heavy atom. The van der Waals surface area contributed by atoms with Gasteiger partial charge in [-0.15, -0.1) is 0 Å². The molecule has 0 radical (unpaired) electrons. The number of hydrogen-bond donors (Lipinski definition) is 1. The second kappa shape index (κ2) is 8.16. The molecule has 0 amide bonds. The molecule has 0 aromatic heterocycles. The van der Waals surface area contributed by atoms with Crippen molar-refractivity contribution in [2.24, 2.45) is 5.73 Å². The fourth-order valence-corrected chi connectivity index (χ4v) is 2.69. The van der Waals surface area contributed by atoms with Crippen LogP contribution in [0.5, 0.6) is 0 Å². The zero-order valence-corrected chi connectivity index (χ0v) is 11.8. The first-order chi connectivity index (χ1) is 8.67. The van der Waals surface area contributed by atoms with Gasteiger partial charge in [0.25, 0.3) is 0 Å². The standard InChI is InChI=1S/C14H21NO2S/c1-3-13(15)10-18-9-12-7-5-4-6-11(12)8-14(16)17-2/h4-7,13H,3,8-10,15H2,1-2H3. The molecular formula is C14H21NO2S. The molecule has 1 rings (SSSR count). The van der Waals surface area contributed by atoms with Crippen molar-refractivity contribution in [2.75, 3.05) is 12.9 Å². The Hall–Kier alpha value is -1.00. The van der Waals surface area contributed by atoms with E-state index in [0.29, 0.717) is 6.42 Å². The highest BCUT2D eigenvalue weighted by Gasteiger charge is 2.08. The maximum absolute atomic E-state index is 11.3. The van der Waals surface area contributed by atoms with Crippen molar-refractivity contribution in [3.8, 4) is 0 Å². The fourth-order valence-electron chi connectivity index (χ4n) is 1.54. The van der Waals surface area contributed by atoms with E-state index in [9.17, 15) is 4.79 Å². The van der Waals surface area contributed by atoms with Gasteiger partial charge in [-0.25, -0.2) is 0 Å². The molecule has 0 saturated heterocycles. The smallest absolute Gasteiger partial charge is 0.309 e. The Labute approximate surface area is 113 Å². The molecule has 0 saturated carbocycles. The van der Waals surface area contributed by atoms with Crippen LogP contribution in [0.1, 0.15) is 24.5 Å². The summed E-state index contributed by atoms with van der Waals surface area (Å²) in [5.74, 6) is 1.64. The average Bonchev–Trinajstić information content (AvgIpc) is 2.40. The van der Waals surface area contributed by atoms with Gasteiger partial charge in [0.15, 0.2) is 0 Å². The Bertz CT molecular complexity index is 382. The number of methoxy groups -OCH3 is 1. The van der Waals surface area contributed by atoms with Crippen molar-refractivity contribution in [1.29, 1.82) is 0 Å². The number of nitrogens with two attached hydrogens (primary N) is 1. The maximum Gasteiger partial charge on any atom is 0.309 e.